The number of rotatable bonds is 6. The summed E-state index contributed by atoms with van der Waals surface area (Å²) in [5.74, 6) is 2.42. The van der Waals surface area contributed by atoms with E-state index in [1.54, 1.807) is 19.3 Å². The molecule has 1 unspecified atom stereocenters. The number of aryl methyl sites for hydroxylation is 2. The van der Waals surface area contributed by atoms with E-state index in [0.29, 0.717) is 17.5 Å². The summed E-state index contributed by atoms with van der Waals surface area (Å²) in [6, 6.07) is 1.85. The van der Waals surface area contributed by atoms with Crippen LogP contribution in [0.15, 0.2) is 22.9 Å². The third kappa shape index (κ3) is 3.76. The highest BCUT2D eigenvalue weighted by Gasteiger charge is 2.28. The molecular formula is C16H23N3O3. The molecule has 6 heteroatoms. The smallest absolute Gasteiger partial charge is 0.257 e. The average Bonchev–Trinajstić information content (AvgIpc) is 2.77. The zero-order valence-corrected chi connectivity index (χ0v) is 13.7. The third-order valence-electron chi connectivity index (χ3n) is 3.23. The van der Waals surface area contributed by atoms with Gasteiger partial charge in [0.2, 0.25) is 0 Å². The first-order valence-corrected chi connectivity index (χ1v) is 7.31. The number of nitrogens with zero attached hydrogens (tertiary/aromatic N) is 2. The summed E-state index contributed by atoms with van der Waals surface area (Å²) in [6.07, 6.45) is 3.15. The van der Waals surface area contributed by atoms with Crippen LogP contribution in [0, 0.1) is 13.8 Å². The molecule has 1 atom stereocenters. The summed E-state index contributed by atoms with van der Waals surface area (Å²) in [6.45, 7) is 9.54. The summed E-state index contributed by atoms with van der Waals surface area (Å²) >= 11 is 0. The molecule has 0 aromatic carbocycles. The lowest BCUT2D eigenvalue weighted by Crippen LogP contribution is -2.31. The maximum atomic E-state index is 10.7. The Balaban J connectivity index is 2.14. The lowest BCUT2D eigenvalue weighted by atomic mass is 9.96. The van der Waals surface area contributed by atoms with E-state index >= 15 is 0 Å². The van der Waals surface area contributed by atoms with Gasteiger partial charge in [0.05, 0.1) is 6.10 Å². The monoisotopic (exact) mass is 305 g/mol. The number of furan rings is 1. The molecule has 2 aromatic heterocycles. The van der Waals surface area contributed by atoms with Crippen LogP contribution in [0.2, 0.25) is 0 Å². The maximum absolute atomic E-state index is 10.7. The molecule has 0 fully saturated rings. The Morgan fingerprint density at radius 2 is 2.00 bits per heavy atom. The van der Waals surface area contributed by atoms with Gasteiger partial charge in [-0.2, -0.15) is 0 Å². The minimum atomic E-state index is -1.09. The normalized spacial score (nSPS) is 14.0. The molecule has 0 saturated heterocycles. The van der Waals surface area contributed by atoms with Crippen LogP contribution in [0.4, 0.5) is 5.82 Å². The standard InChI is InChI=1S/C16H23N3O3/c1-10(2)21-15-14(17-6-7-18-15)19-9-16(5,20)13-8-11(3)22-12(13)4/h6-8,10,20H,9H2,1-5H3,(H,17,19). The Labute approximate surface area is 130 Å². The minimum Gasteiger partial charge on any atom is -0.472 e. The fraction of sp³-hybridized carbons (Fsp3) is 0.500. The van der Waals surface area contributed by atoms with Gasteiger partial charge in [0.1, 0.15) is 17.1 Å². The molecule has 0 aliphatic rings. The molecule has 0 amide bonds. The second-order valence-corrected chi connectivity index (χ2v) is 5.83. The van der Waals surface area contributed by atoms with Gasteiger partial charge >= 0.3 is 0 Å². The molecule has 2 rings (SSSR count). The van der Waals surface area contributed by atoms with E-state index < -0.39 is 5.60 Å². The molecule has 22 heavy (non-hydrogen) atoms. The molecule has 0 aliphatic carbocycles. The summed E-state index contributed by atoms with van der Waals surface area (Å²) in [7, 11) is 0. The SMILES string of the molecule is Cc1cc(C(C)(O)CNc2nccnc2OC(C)C)c(C)o1. The van der Waals surface area contributed by atoms with Gasteiger partial charge in [0, 0.05) is 24.5 Å². The van der Waals surface area contributed by atoms with Crippen LogP contribution >= 0.6 is 0 Å². The first kappa shape index (κ1) is 16.3. The quantitative estimate of drug-likeness (QED) is 0.854. The number of aromatic nitrogens is 2. The van der Waals surface area contributed by atoms with Crippen LogP contribution in [0.25, 0.3) is 0 Å². The molecule has 2 N–H and O–H groups in total. The van der Waals surface area contributed by atoms with Crippen molar-refractivity contribution in [3.05, 3.63) is 35.5 Å². The first-order chi connectivity index (χ1) is 10.3. The largest absolute Gasteiger partial charge is 0.472 e. The van der Waals surface area contributed by atoms with Crippen LogP contribution in [0.1, 0.15) is 37.9 Å². The van der Waals surface area contributed by atoms with Gasteiger partial charge in [-0.05, 0) is 40.7 Å². The van der Waals surface area contributed by atoms with Gasteiger partial charge in [-0.15, -0.1) is 0 Å². The van der Waals surface area contributed by atoms with Crippen molar-refractivity contribution < 1.29 is 14.3 Å². The predicted molar refractivity (Wildman–Crippen MR) is 84.0 cm³/mol. The zero-order chi connectivity index (χ0) is 16.3. The highest BCUT2D eigenvalue weighted by Crippen LogP contribution is 2.28. The highest BCUT2D eigenvalue weighted by atomic mass is 16.5. The molecule has 0 radical (unpaired) electrons. The van der Waals surface area contributed by atoms with Gasteiger partial charge < -0.3 is 19.6 Å². The molecule has 6 nitrogen and oxygen atoms in total. The van der Waals surface area contributed by atoms with E-state index in [4.69, 9.17) is 9.15 Å². The van der Waals surface area contributed by atoms with Crippen LogP contribution in [-0.2, 0) is 5.60 Å². The van der Waals surface area contributed by atoms with Crippen molar-refractivity contribution >= 4 is 5.82 Å². The molecule has 2 aromatic rings. The average molecular weight is 305 g/mol. The molecule has 120 valence electrons. The Kier molecular flexibility index (Phi) is 4.71. The van der Waals surface area contributed by atoms with Crippen molar-refractivity contribution in [2.24, 2.45) is 0 Å². The van der Waals surface area contributed by atoms with E-state index in [1.165, 1.54) is 0 Å². The van der Waals surface area contributed by atoms with Gasteiger partial charge in [-0.25, -0.2) is 9.97 Å². The second kappa shape index (κ2) is 6.36. The predicted octanol–water partition coefficient (Wildman–Crippen LogP) is 2.79. The molecule has 0 saturated carbocycles. The fourth-order valence-corrected chi connectivity index (χ4v) is 2.27. The molecular weight excluding hydrogens is 282 g/mol. The molecule has 2 heterocycles. The van der Waals surface area contributed by atoms with Crippen molar-refractivity contribution in [3.63, 3.8) is 0 Å². The van der Waals surface area contributed by atoms with Crippen molar-refractivity contribution in [2.75, 3.05) is 11.9 Å². The number of hydrogen-bond donors (Lipinski definition) is 2. The zero-order valence-electron chi connectivity index (χ0n) is 13.7. The first-order valence-electron chi connectivity index (χ1n) is 7.31. The van der Waals surface area contributed by atoms with E-state index in [0.717, 1.165) is 11.3 Å². The molecule has 0 aliphatic heterocycles. The van der Waals surface area contributed by atoms with Gasteiger partial charge in [0.15, 0.2) is 5.82 Å². The van der Waals surface area contributed by atoms with Crippen molar-refractivity contribution in [3.8, 4) is 5.88 Å². The van der Waals surface area contributed by atoms with Crippen LogP contribution in [0.5, 0.6) is 5.88 Å². The Morgan fingerprint density at radius 3 is 2.59 bits per heavy atom. The fourth-order valence-electron chi connectivity index (χ4n) is 2.27. The summed E-state index contributed by atoms with van der Waals surface area (Å²) in [5.41, 5.74) is -0.332. The van der Waals surface area contributed by atoms with Gasteiger partial charge in [-0.3, -0.25) is 0 Å². The topological polar surface area (TPSA) is 80.4 Å². The number of ether oxygens (including phenoxy) is 1. The number of aliphatic hydroxyl groups is 1. The van der Waals surface area contributed by atoms with Crippen molar-refractivity contribution in [1.82, 2.24) is 9.97 Å². The number of anilines is 1. The minimum absolute atomic E-state index is 0.00321. The Hall–Kier alpha value is -2.08. The molecule has 0 bridgehead atoms. The van der Waals surface area contributed by atoms with Gasteiger partial charge in [-0.1, -0.05) is 0 Å². The lowest BCUT2D eigenvalue weighted by molar-refractivity contribution is 0.0697. The van der Waals surface area contributed by atoms with Gasteiger partial charge in [0.25, 0.3) is 5.88 Å². The van der Waals surface area contributed by atoms with Crippen LogP contribution in [0.3, 0.4) is 0 Å². The summed E-state index contributed by atoms with van der Waals surface area (Å²) in [4.78, 5) is 8.39. The third-order valence-corrected chi connectivity index (χ3v) is 3.23. The van der Waals surface area contributed by atoms with Crippen LogP contribution in [-0.4, -0.2) is 27.7 Å². The van der Waals surface area contributed by atoms with E-state index in [9.17, 15) is 5.11 Å². The van der Waals surface area contributed by atoms with Crippen molar-refractivity contribution in [2.45, 2.75) is 46.3 Å². The van der Waals surface area contributed by atoms with E-state index in [-0.39, 0.29) is 12.6 Å². The lowest BCUT2D eigenvalue weighted by Gasteiger charge is -2.24. The van der Waals surface area contributed by atoms with E-state index in [1.807, 2.05) is 33.8 Å². The molecule has 0 spiro atoms. The van der Waals surface area contributed by atoms with Crippen molar-refractivity contribution in [1.29, 1.82) is 0 Å². The highest BCUT2D eigenvalue weighted by molar-refractivity contribution is 5.45. The summed E-state index contributed by atoms with van der Waals surface area (Å²) in [5, 5.41) is 13.8. The number of nitrogens with one attached hydrogen (secondary N) is 1. The Bertz CT molecular complexity index is 635. The summed E-state index contributed by atoms with van der Waals surface area (Å²) < 4.78 is 11.1. The Morgan fingerprint density at radius 1 is 1.32 bits per heavy atom. The van der Waals surface area contributed by atoms with Crippen LogP contribution < -0.4 is 10.1 Å². The van der Waals surface area contributed by atoms with E-state index in [2.05, 4.69) is 15.3 Å². The maximum Gasteiger partial charge on any atom is 0.257 e. The second-order valence-electron chi connectivity index (χ2n) is 5.83. The number of hydrogen-bond acceptors (Lipinski definition) is 6.